The maximum Gasteiger partial charge on any atom is 0.146 e. The monoisotopic (exact) mass is 270 g/mol. The lowest BCUT2D eigenvalue weighted by atomic mass is 9.26. The third-order valence-electron chi connectivity index (χ3n) is 4.68. The zero-order chi connectivity index (χ0) is 10.5. The number of rotatable bonds is 5. The number of halogens is 1. The minimum atomic E-state index is 1.13. The Labute approximate surface area is 104 Å². The molecule has 2 bridgehead atoms. The van der Waals surface area contributed by atoms with Gasteiger partial charge in [-0.05, 0) is 6.42 Å². The molecule has 0 saturated carbocycles. The Morgan fingerprint density at radius 2 is 1.47 bits per heavy atom. The van der Waals surface area contributed by atoms with Gasteiger partial charge in [-0.15, -0.1) is 0 Å². The smallest absolute Gasteiger partial charge is 0.0928 e. The lowest BCUT2D eigenvalue weighted by molar-refractivity contribution is 0.440. The molecule has 15 heavy (non-hydrogen) atoms. The normalized spacial score (nSPS) is 30.6. The lowest BCUT2D eigenvalue weighted by Gasteiger charge is -2.40. The number of fused-ring (bicyclic) bond motifs is 2. The van der Waals surface area contributed by atoms with Gasteiger partial charge < -0.3 is 0 Å². The first kappa shape index (κ1) is 12.0. The van der Waals surface area contributed by atoms with E-state index < -0.39 is 0 Å². The molecule has 0 N–H and O–H groups in total. The van der Waals surface area contributed by atoms with E-state index in [-0.39, 0.29) is 0 Å². The molecule has 0 aliphatic carbocycles. The Balaban J connectivity index is 1.74. The molecule has 2 aliphatic heterocycles. The van der Waals surface area contributed by atoms with Gasteiger partial charge in [0.2, 0.25) is 0 Å². The summed E-state index contributed by atoms with van der Waals surface area (Å²) in [5.41, 5.74) is 0. The van der Waals surface area contributed by atoms with Gasteiger partial charge in [-0.1, -0.05) is 85.3 Å². The van der Waals surface area contributed by atoms with Crippen LogP contribution in [0.5, 0.6) is 0 Å². The Kier molecular flexibility index (Phi) is 5.06. The summed E-state index contributed by atoms with van der Waals surface area (Å²) in [4.78, 5) is 0. The molecular weight excluding hydrogens is 247 g/mol. The van der Waals surface area contributed by atoms with E-state index in [0.717, 1.165) is 18.3 Å². The fourth-order valence-electron chi connectivity index (χ4n) is 3.94. The van der Waals surface area contributed by atoms with E-state index in [4.69, 9.17) is 0 Å². The van der Waals surface area contributed by atoms with Crippen molar-refractivity contribution in [2.75, 3.05) is 5.33 Å². The summed E-state index contributed by atoms with van der Waals surface area (Å²) in [7, 11) is 0. The molecule has 0 aromatic heterocycles. The molecule has 0 nitrogen and oxygen atoms in total. The summed E-state index contributed by atoms with van der Waals surface area (Å²) in [6.45, 7) is 1.13. The predicted molar refractivity (Wildman–Crippen MR) is 73.4 cm³/mol. The highest BCUT2D eigenvalue weighted by Crippen LogP contribution is 2.48. The Morgan fingerprint density at radius 3 is 2.00 bits per heavy atom. The SMILES string of the molecule is BrCCCCCB1C2CCCC1CCC2. The summed E-state index contributed by atoms with van der Waals surface area (Å²) in [6.07, 6.45) is 15.1. The van der Waals surface area contributed by atoms with Crippen LogP contribution >= 0.6 is 15.9 Å². The maximum absolute atomic E-state index is 3.52. The highest BCUT2D eigenvalue weighted by molar-refractivity contribution is 9.09. The van der Waals surface area contributed by atoms with Crippen LogP contribution in [0.15, 0.2) is 0 Å². The molecule has 2 aliphatic rings. The average molecular weight is 271 g/mol. The second-order valence-corrected chi connectivity index (χ2v) is 6.38. The van der Waals surface area contributed by atoms with Gasteiger partial charge in [0.05, 0.1) is 0 Å². The van der Waals surface area contributed by atoms with Gasteiger partial charge in [-0.25, -0.2) is 0 Å². The molecule has 0 radical (unpaired) electrons. The zero-order valence-corrected chi connectivity index (χ0v) is 11.5. The van der Waals surface area contributed by atoms with Crippen LogP contribution in [-0.4, -0.2) is 12.0 Å². The van der Waals surface area contributed by atoms with Gasteiger partial charge >= 0.3 is 0 Å². The van der Waals surface area contributed by atoms with Crippen molar-refractivity contribution in [1.29, 1.82) is 0 Å². The fourth-order valence-corrected chi connectivity index (χ4v) is 4.33. The number of alkyl halides is 1. The van der Waals surface area contributed by atoms with Crippen molar-refractivity contribution in [3.63, 3.8) is 0 Å². The topological polar surface area (TPSA) is 0 Å². The van der Waals surface area contributed by atoms with Gasteiger partial charge in [-0.2, -0.15) is 0 Å². The van der Waals surface area contributed by atoms with E-state index in [1.54, 1.807) is 32.0 Å². The molecule has 86 valence electrons. The van der Waals surface area contributed by atoms with E-state index >= 15 is 0 Å². The molecule has 2 fully saturated rings. The minimum absolute atomic E-state index is 1.13. The molecular formula is C13H24BBr. The maximum atomic E-state index is 3.52. The summed E-state index contributed by atoms with van der Waals surface area (Å²) in [5.74, 6) is 2.25. The molecule has 2 heterocycles. The van der Waals surface area contributed by atoms with E-state index in [2.05, 4.69) is 15.9 Å². The third kappa shape index (κ3) is 3.25. The largest absolute Gasteiger partial charge is 0.146 e. The molecule has 2 heteroatoms. The molecule has 0 aromatic carbocycles. The van der Waals surface area contributed by atoms with Crippen LogP contribution in [0.1, 0.15) is 57.8 Å². The number of unbranched alkanes of at least 4 members (excludes halogenated alkanes) is 2. The van der Waals surface area contributed by atoms with Crippen LogP contribution < -0.4 is 0 Å². The molecule has 0 amide bonds. The minimum Gasteiger partial charge on any atom is -0.0928 e. The van der Waals surface area contributed by atoms with E-state index in [1.165, 1.54) is 37.4 Å². The summed E-state index contributed by atoms with van der Waals surface area (Å²) < 4.78 is 0. The first-order chi connectivity index (χ1) is 7.42. The second kappa shape index (κ2) is 6.32. The Bertz CT molecular complexity index is 161. The molecule has 2 rings (SSSR count). The van der Waals surface area contributed by atoms with Crippen LogP contribution in [0, 0.1) is 0 Å². The first-order valence-corrected chi connectivity index (χ1v) is 8.10. The van der Waals surface area contributed by atoms with E-state index in [0.29, 0.717) is 0 Å². The van der Waals surface area contributed by atoms with Crippen LogP contribution in [0.2, 0.25) is 18.0 Å². The van der Waals surface area contributed by atoms with Gasteiger partial charge in [0.25, 0.3) is 0 Å². The van der Waals surface area contributed by atoms with Crippen molar-refractivity contribution in [3.8, 4) is 0 Å². The van der Waals surface area contributed by atoms with Crippen molar-refractivity contribution in [1.82, 2.24) is 0 Å². The van der Waals surface area contributed by atoms with Gasteiger partial charge in [0.15, 0.2) is 0 Å². The van der Waals surface area contributed by atoms with Gasteiger partial charge in [0, 0.05) is 5.33 Å². The zero-order valence-electron chi connectivity index (χ0n) is 9.89. The predicted octanol–water partition coefficient (Wildman–Crippen LogP) is 5.15. The quantitative estimate of drug-likeness (QED) is 0.368. The number of hydrogen-bond donors (Lipinski definition) is 0. The Morgan fingerprint density at radius 1 is 0.867 bits per heavy atom. The first-order valence-electron chi connectivity index (χ1n) is 6.98. The van der Waals surface area contributed by atoms with Crippen molar-refractivity contribution in [3.05, 3.63) is 0 Å². The standard InChI is InChI=1S/C13H24BBr/c15-11-3-1-2-10-14-12-6-4-7-13(14)9-5-8-12/h12-13H,1-11H2. The van der Waals surface area contributed by atoms with Crippen LogP contribution in [0.4, 0.5) is 0 Å². The molecule has 0 atom stereocenters. The van der Waals surface area contributed by atoms with Crippen molar-refractivity contribution >= 4 is 22.6 Å². The van der Waals surface area contributed by atoms with Crippen molar-refractivity contribution in [2.24, 2.45) is 0 Å². The van der Waals surface area contributed by atoms with Gasteiger partial charge in [-0.3, -0.25) is 0 Å². The van der Waals surface area contributed by atoms with Crippen molar-refractivity contribution in [2.45, 2.75) is 75.7 Å². The highest BCUT2D eigenvalue weighted by atomic mass is 79.9. The molecule has 2 saturated heterocycles. The summed E-state index contributed by atoms with van der Waals surface area (Å²) in [6, 6.07) is 0. The molecule has 0 aromatic rings. The highest BCUT2D eigenvalue weighted by Gasteiger charge is 2.37. The third-order valence-corrected chi connectivity index (χ3v) is 5.24. The van der Waals surface area contributed by atoms with E-state index in [9.17, 15) is 0 Å². The van der Waals surface area contributed by atoms with Crippen LogP contribution in [-0.2, 0) is 0 Å². The van der Waals surface area contributed by atoms with Gasteiger partial charge in [0.1, 0.15) is 6.71 Å². The average Bonchev–Trinajstić information content (AvgIpc) is 2.24. The van der Waals surface area contributed by atoms with Crippen LogP contribution in [0.3, 0.4) is 0 Å². The Hall–Kier alpha value is 0.545. The summed E-state index contributed by atoms with van der Waals surface area (Å²) in [5, 5.41) is 1.20. The summed E-state index contributed by atoms with van der Waals surface area (Å²) >= 11 is 3.52. The lowest BCUT2D eigenvalue weighted by Crippen LogP contribution is -2.34. The fraction of sp³-hybridized carbons (Fsp3) is 1.00. The van der Waals surface area contributed by atoms with Crippen LogP contribution in [0.25, 0.3) is 0 Å². The van der Waals surface area contributed by atoms with E-state index in [1.807, 2.05) is 0 Å². The second-order valence-electron chi connectivity index (χ2n) is 5.58. The molecule has 0 unspecified atom stereocenters. The number of hydrogen-bond acceptors (Lipinski definition) is 0. The van der Waals surface area contributed by atoms with Crippen molar-refractivity contribution < 1.29 is 0 Å². The molecule has 0 spiro atoms.